The maximum Gasteiger partial charge on any atom is 0.363 e. The summed E-state index contributed by atoms with van der Waals surface area (Å²) in [6.07, 6.45) is 1.71. The van der Waals surface area contributed by atoms with Gasteiger partial charge in [-0.2, -0.15) is 0 Å². The molecule has 0 unspecified atom stereocenters. The smallest absolute Gasteiger partial charge is 0.363 e. The van der Waals surface area contributed by atoms with Crippen LogP contribution in [0.3, 0.4) is 0 Å². The van der Waals surface area contributed by atoms with Crippen LogP contribution in [0, 0.1) is 7.14 Å². The highest BCUT2D eigenvalue weighted by atomic mass is 127. The Labute approximate surface area is 183 Å². The second-order valence-corrected chi connectivity index (χ2v) is 8.28. The number of ether oxygens (including phenoxy) is 2. The number of cyclic esters (lactones) is 1. The van der Waals surface area contributed by atoms with Crippen molar-refractivity contribution in [2.24, 2.45) is 4.99 Å². The molecule has 0 fully saturated rings. The van der Waals surface area contributed by atoms with Crippen LogP contribution in [0.2, 0.25) is 0 Å². The number of fused-ring (bicyclic) bond motifs is 1. The second kappa shape index (κ2) is 7.59. The van der Waals surface area contributed by atoms with Gasteiger partial charge in [-0.1, -0.05) is 36.4 Å². The van der Waals surface area contributed by atoms with Crippen LogP contribution in [0.1, 0.15) is 11.1 Å². The van der Waals surface area contributed by atoms with Crippen LogP contribution in [0.25, 0.3) is 16.8 Å². The van der Waals surface area contributed by atoms with Crippen LogP contribution in [0.15, 0.2) is 65.3 Å². The number of methoxy groups -OCH3 is 1. The zero-order valence-electron chi connectivity index (χ0n) is 14.2. The van der Waals surface area contributed by atoms with Gasteiger partial charge in [-0.05, 0) is 80.2 Å². The van der Waals surface area contributed by atoms with E-state index in [1.54, 1.807) is 13.2 Å². The van der Waals surface area contributed by atoms with Crippen molar-refractivity contribution in [2.45, 2.75) is 0 Å². The Hall–Kier alpha value is -1.94. The highest BCUT2D eigenvalue weighted by Gasteiger charge is 2.26. The molecule has 0 spiro atoms. The van der Waals surface area contributed by atoms with E-state index in [2.05, 4.69) is 50.2 Å². The predicted octanol–water partition coefficient (Wildman–Crippen LogP) is 5.40. The van der Waals surface area contributed by atoms with Gasteiger partial charge >= 0.3 is 5.97 Å². The van der Waals surface area contributed by atoms with E-state index in [0.29, 0.717) is 11.6 Å². The number of benzene rings is 3. The predicted molar refractivity (Wildman–Crippen MR) is 123 cm³/mol. The molecule has 3 aromatic rings. The summed E-state index contributed by atoms with van der Waals surface area (Å²) in [6, 6.07) is 17.8. The van der Waals surface area contributed by atoms with E-state index < -0.39 is 5.97 Å². The van der Waals surface area contributed by atoms with Gasteiger partial charge in [-0.15, -0.1) is 0 Å². The fourth-order valence-electron chi connectivity index (χ4n) is 2.99. The number of hydrogen-bond acceptors (Lipinski definition) is 4. The first-order valence-corrected chi connectivity index (χ1v) is 10.3. The number of carbonyl (C=O) groups excluding carboxylic acids is 1. The van der Waals surface area contributed by atoms with Crippen molar-refractivity contribution < 1.29 is 14.3 Å². The van der Waals surface area contributed by atoms with Gasteiger partial charge in [-0.3, -0.25) is 0 Å². The van der Waals surface area contributed by atoms with Crippen LogP contribution >= 0.6 is 45.2 Å². The SMILES string of the molecule is COc1c(I)cc(I)cc1/C=C1/N=C(c2cccc3ccccc23)OC1=O. The van der Waals surface area contributed by atoms with Gasteiger partial charge in [-0.25, -0.2) is 9.79 Å². The summed E-state index contributed by atoms with van der Waals surface area (Å²) in [5, 5.41) is 2.06. The van der Waals surface area contributed by atoms with E-state index in [1.807, 2.05) is 54.6 Å². The minimum absolute atomic E-state index is 0.258. The number of halogens is 2. The zero-order chi connectivity index (χ0) is 19.0. The fraction of sp³-hybridized carbons (Fsp3) is 0.0476. The number of esters is 1. The van der Waals surface area contributed by atoms with E-state index in [9.17, 15) is 4.79 Å². The molecule has 0 aliphatic carbocycles. The molecule has 3 aromatic carbocycles. The van der Waals surface area contributed by atoms with Crippen molar-refractivity contribution in [1.82, 2.24) is 0 Å². The number of nitrogens with zero attached hydrogens (tertiary/aromatic N) is 1. The van der Waals surface area contributed by atoms with Gasteiger partial charge < -0.3 is 9.47 Å². The lowest BCUT2D eigenvalue weighted by atomic mass is 10.0. The lowest BCUT2D eigenvalue weighted by Crippen LogP contribution is -2.06. The zero-order valence-corrected chi connectivity index (χ0v) is 18.5. The molecule has 0 aromatic heterocycles. The molecule has 0 atom stereocenters. The maximum absolute atomic E-state index is 12.4. The molecule has 0 amide bonds. The molecule has 0 bridgehead atoms. The van der Waals surface area contributed by atoms with Crippen LogP contribution in [-0.2, 0) is 9.53 Å². The summed E-state index contributed by atoms with van der Waals surface area (Å²) in [7, 11) is 1.62. The Bertz CT molecular complexity index is 1130. The average molecular weight is 581 g/mol. The molecular formula is C21H13I2NO3. The Balaban J connectivity index is 1.81. The van der Waals surface area contributed by atoms with E-state index in [1.165, 1.54) is 0 Å². The Morgan fingerprint density at radius 3 is 2.67 bits per heavy atom. The number of carbonyl (C=O) groups is 1. The van der Waals surface area contributed by atoms with Gasteiger partial charge in [0.25, 0.3) is 0 Å². The Morgan fingerprint density at radius 1 is 1.07 bits per heavy atom. The lowest BCUT2D eigenvalue weighted by Gasteiger charge is -2.08. The summed E-state index contributed by atoms with van der Waals surface area (Å²) in [4.78, 5) is 16.9. The highest BCUT2D eigenvalue weighted by molar-refractivity contribution is 14.1. The summed E-state index contributed by atoms with van der Waals surface area (Å²) in [5.41, 5.74) is 1.85. The normalized spacial score (nSPS) is 15.1. The summed E-state index contributed by atoms with van der Waals surface area (Å²) in [6.45, 7) is 0. The molecule has 27 heavy (non-hydrogen) atoms. The standard InChI is InChI=1S/C21H13I2NO3/c1-26-19-13(9-14(22)11-17(19)23)10-18-21(25)27-20(24-18)16-8-4-6-12-5-2-3-7-15(12)16/h2-11H,1H3/b18-10+. The summed E-state index contributed by atoms with van der Waals surface area (Å²) in [5.74, 6) is 0.571. The van der Waals surface area contributed by atoms with Crippen molar-refractivity contribution >= 4 is 73.9 Å². The van der Waals surface area contributed by atoms with Crippen molar-refractivity contribution in [3.05, 3.63) is 78.6 Å². The third-order valence-corrected chi connectivity index (χ3v) is 5.60. The van der Waals surface area contributed by atoms with Crippen LogP contribution in [-0.4, -0.2) is 19.0 Å². The molecule has 6 heteroatoms. The van der Waals surface area contributed by atoms with Crippen molar-refractivity contribution in [3.8, 4) is 5.75 Å². The molecule has 0 saturated heterocycles. The second-order valence-electron chi connectivity index (χ2n) is 5.87. The van der Waals surface area contributed by atoms with Gasteiger partial charge in [0.1, 0.15) is 5.75 Å². The molecule has 4 rings (SSSR count). The molecule has 0 N–H and O–H groups in total. The van der Waals surface area contributed by atoms with Gasteiger partial charge in [0.2, 0.25) is 5.90 Å². The van der Waals surface area contributed by atoms with Crippen LogP contribution < -0.4 is 4.74 Å². The lowest BCUT2D eigenvalue weighted by molar-refractivity contribution is -0.129. The largest absolute Gasteiger partial charge is 0.495 e. The van der Waals surface area contributed by atoms with E-state index >= 15 is 0 Å². The topological polar surface area (TPSA) is 47.9 Å². The van der Waals surface area contributed by atoms with Crippen molar-refractivity contribution in [1.29, 1.82) is 0 Å². The molecule has 1 aliphatic rings. The number of rotatable bonds is 3. The first-order chi connectivity index (χ1) is 13.1. The van der Waals surface area contributed by atoms with Crippen LogP contribution in [0.5, 0.6) is 5.75 Å². The minimum atomic E-state index is -0.464. The molecule has 134 valence electrons. The average Bonchev–Trinajstić information content (AvgIpc) is 3.01. The molecule has 4 nitrogen and oxygen atoms in total. The van der Waals surface area contributed by atoms with E-state index in [-0.39, 0.29) is 5.70 Å². The summed E-state index contributed by atoms with van der Waals surface area (Å²) < 4.78 is 13.0. The first kappa shape index (κ1) is 18.4. The van der Waals surface area contributed by atoms with E-state index in [0.717, 1.165) is 29.0 Å². The fourth-order valence-corrected chi connectivity index (χ4v) is 5.10. The number of aliphatic imine (C=N–C) groups is 1. The Kier molecular flexibility index (Phi) is 5.18. The number of hydrogen-bond donors (Lipinski definition) is 0. The highest BCUT2D eigenvalue weighted by Crippen LogP contribution is 2.31. The van der Waals surface area contributed by atoms with E-state index in [4.69, 9.17) is 9.47 Å². The summed E-state index contributed by atoms with van der Waals surface area (Å²) >= 11 is 4.45. The molecule has 1 heterocycles. The molecular weight excluding hydrogens is 568 g/mol. The molecule has 1 aliphatic heterocycles. The van der Waals surface area contributed by atoms with Gasteiger partial charge in [0.05, 0.1) is 10.7 Å². The monoisotopic (exact) mass is 581 g/mol. The third-order valence-electron chi connectivity index (χ3n) is 4.17. The van der Waals surface area contributed by atoms with Crippen LogP contribution in [0.4, 0.5) is 0 Å². The molecule has 0 radical (unpaired) electrons. The van der Waals surface area contributed by atoms with Gasteiger partial charge in [0.15, 0.2) is 5.70 Å². The van der Waals surface area contributed by atoms with Crippen molar-refractivity contribution in [2.75, 3.05) is 7.11 Å². The third kappa shape index (κ3) is 3.60. The minimum Gasteiger partial charge on any atom is -0.495 e. The maximum atomic E-state index is 12.4. The first-order valence-electron chi connectivity index (χ1n) is 8.10. The Morgan fingerprint density at radius 2 is 1.85 bits per heavy atom. The van der Waals surface area contributed by atoms with Crippen molar-refractivity contribution in [3.63, 3.8) is 0 Å². The quantitative estimate of drug-likeness (QED) is 0.237. The van der Waals surface area contributed by atoms with Gasteiger partial charge in [0, 0.05) is 14.7 Å². The molecule has 0 saturated carbocycles.